The summed E-state index contributed by atoms with van der Waals surface area (Å²) in [7, 11) is 0. The number of thiol groups is 1. The average Bonchev–Trinajstić information content (AvgIpc) is 2.57. The van der Waals surface area contributed by atoms with E-state index >= 15 is 0 Å². The highest BCUT2D eigenvalue weighted by atomic mass is 32.1. The molecule has 4 atom stereocenters. The zero-order valence-corrected chi connectivity index (χ0v) is 15.8. The fourth-order valence-electron chi connectivity index (χ4n) is 1.81. The Kier molecular flexibility index (Phi) is 10.6. The smallest absolute Gasteiger partial charge is 0.325 e. The first-order valence-corrected chi connectivity index (χ1v) is 8.52. The normalized spacial score (nSPS) is 14.7. The molecular formula is C14H23N5O8S. The summed E-state index contributed by atoms with van der Waals surface area (Å²) in [6, 6.07) is -5.56. The molecule has 0 aromatic carbocycles. The Hall–Kier alpha value is -2.87. The van der Waals surface area contributed by atoms with Gasteiger partial charge in [0.15, 0.2) is 0 Å². The van der Waals surface area contributed by atoms with Crippen molar-refractivity contribution >= 4 is 48.2 Å². The van der Waals surface area contributed by atoms with Gasteiger partial charge >= 0.3 is 11.9 Å². The molecule has 4 amide bonds. The van der Waals surface area contributed by atoms with Gasteiger partial charge in [0, 0.05) is 5.75 Å². The number of nitrogens with one attached hydrogen (secondary N) is 3. The van der Waals surface area contributed by atoms with Gasteiger partial charge in [-0.15, -0.1) is 0 Å². The van der Waals surface area contributed by atoms with E-state index in [0.29, 0.717) is 0 Å². The molecule has 0 spiro atoms. The van der Waals surface area contributed by atoms with Gasteiger partial charge in [0.25, 0.3) is 0 Å². The van der Waals surface area contributed by atoms with Crippen LogP contribution in [0.25, 0.3) is 0 Å². The maximum Gasteiger partial charge on any atom is 0.325 e. The van der Waals surface area contributed by atoms with E-state index in [1.54, 1.807) is 0 Å². The summed E-state index contributed by atoms with van der Waals surface area (Å²) in [5.41, 5.74) is 10.3. The van der Waals surface area contributed by atoms with E-state index in [0.717, 1.165) is 0 Å². The van der Waals surface area contributed by atoms with Crippen molar-refractivity contribution in [3.63, 3.8) is 0 Å². The van der Waals surface area contributed by atoms with Crippen molar-refractivity contribution < 1.29 is 39.0 Å². The summed E-state index contributed by atoms with van der Waals surface area (Å²) < 4.78 is 0. The molecule has 0 saturated carbocycles. The van der Waals surface area contributed by atoms with Crippen LogP contribution in [0, 0.1) is 0 Å². The van der Waals surface area contributed by atoms with Gasteiger partial charge in [0.1, 0.15) is 18.1 Å². The molecule has 0 heterocycles. The Morgan fingerprint density at radius 1 is 0.893 bits per heavy atom. The average molecular weight is 421 g/mol. The van der Waals surface area contributed by atoms with Crippen LogP contribution < -0.4 is 27.4 Å². The Morgan fingerprint density at radius 2 is 1.39 bits per heavy atom. The van der Waals surface area contributed by atoms with Crippen LogP contribution in [0.3, 0.4) is 0 Å². The molecule has 0 aromatic heterocycles. The van der Waals surface area contributed by atoms with Gasteiger partial charge in [-0.3, -0.25) is 28.8 Å². The van der Waals surface area contributed by atoms with E-state index in [-0.39, 0.29) is 5.75 Å². The van der Waals surface area contributed by atoms with Crippen LogP contribution in [-0.2, 0) is 28.8 Å². The van der Waals surface area contributed by atoms with E-state index in [2.05, 4.69) is 28.6 Å². The lowest BCUT2D eigenvalue weighted by molar-refractivity contribution is -0.142. The van der Waals surface area contributed by atoms with E-state index in [9.17, 15) is 28.8 Å². The van der Waals surface area contributed by atoms with Crippen LogP contribution in [0.4, 0.5) is 0 Å². The third-order valence-corrected chi connectivity index (χ3v) is 3.68. The number of nitrogens with two attached hydrogens (primary N) is 2. The minimum absolute atomic E-state index is 0.237. The Bertz CT molecular complexity index is 643. The zero-order chi connectivity index (χ0) is 22.0. The molecule has 0 rings (SSSR count). The Balaban J connectivity index is 5.14. The topological polar surface area (TPSA) is 231 Å². The molecule has 0 radical (unpaired) electrons. The van der Waals surface area contributed by atoms with Crippen LogP contribution in [-0.4, -0.2) is 75.7 Å². The first kappa shape index (κ1) is 25.1. The van der Waals surface area contributed by atoms with Crippen LogP contribution in [0.1, 0.15) is 19.8 Å². The molecule has 0 saturated heterocycles. The minimum atomic E-state index is -1.61. The van der Waals surface area contributed by atoms with Crippen LogP contribution >= 0.6 is 12.6 Å². The number of aliphatic carboxylic acids is 2. The highest BCUT2D eigenvalue weighted by molar-refractivity contribution is 7.80. The molecule has 4 unspecified atom stereocenters. The van der Waals surface area contributed by atoms with Gasteiger partial charge in [0.2, 0.25) is 23.6 Å². The molecule has 0 fully saturated rings. The van der Waals surface area contributed by atoms with E-state index in [4.69, 9.17) is 21.7 Å². The van der Waals surface area contributed by atoms with Crippen molar-refractivity contribution in [2.75, 3.05) is 5.75 Å². The fraction of sp³-hybridized carbons (Fsp3) is 0.571. The molecule has 0 aliphatic heterocycles. The molecule has 0 aromatic rings. The number of amides is 4. The fourth-order valence-corrected chi connectivity index (χ4v) is 2.07. The summed E-state index contributed by atoms with van der Waals surface area (Å²) in [5.74, 6) is -6.76. The Morgan fingerprint density at radius 3 is 1.82 bits per heavy atom. The predicted octanol–water partition coefficient (Wildman–Crippen LogP) is -3.85. The first-order chi connectivity index (χ1) is 12.9. The van der Waals surface area contributed by atoms with E-state index in [1.807, 2.05) is 0 Å². The zero-order valence-electron chi connectivity index (χ0n) is 14.9. The quantitative estimate of drug-likeness (QED) is 0.144. The largest absolute Gasteiger partial charge is 0.481 e. The summed E-state index contributed by atoms with van der Waals surface area (Å²) in [6.45, 7) is 1.20. The molecule has 0 aliphatic carbocycles. The molecule has 13 nitrogen and oxygen atoms in total. The second-order valence-electron chi connectivity index (χ2n) is 5.75. The standard InChI is InChI=1S/C14H23N5O8S/c1-5(14(26)27)17-13(25)8(4-28)19-12(24)7(3-10(21)22)18-11(23)6(15)2-9(16)20/h5-8,28H,2-4,15H2,1H3,(H2,16,20)(H,17,25)(H,18,23)(H,19,24)(H,21,22)(H,26,27). The summed E-state index contributed by atoms with van der Waals surface area (Å²) >= 11 is 3.88. The van der Waals surface area contributed by atoms with Gasteiger partial charge in [-0.1, -0.05) is 0 Å². The first-order valence-electron chi connectivity index (χ1n) is 7.89. The highest BCUT2D eigenvalue weighted by Crippen LogP contribution is 1.99. The molecular weight excluding hydrogens is 398 g/mol. The lowest BCUT2D eigenvalue weighted by atomic mass is 10.1. The number of primary amides is 1. The molecule has 9 N–H and O–H groups in total. The maximum absolute atomic E-state index is 12.3. The van der Waals surface area contributed by atoms with Crippen LogP contribution in [0.5, 0.6) is 0 Å². The number of hydrogen-bond donors (Lipinski definition) is 8. The molecule has 0 aliphatic rings. The Labute approximate surface area is 165 Å². The summed E-state index contributed by atoms with van der Waals surface area (Å²) in [6.07, 6.45) is -1.37. The number of carbonyl (C=O) groups is 6. The van der Waals surface area contributed by atoms with Gasteiger partial charge in [-0.2, -0.15) is 12.6 Å². The van der Waals surface area contributed by atoms with Crippen LogP contribution in [0.2, 0.25) is 0 Å². The van der Waals surface area contributed by atoms with E-state index < -0.39 is 72.6 Å². The minimum Gasteiger partial charge on any atom is -0.481 e. The van der Waals surface area contributed by atoms with Crippen molar-refractivity contribution in [3.05, 3.63) is 0 Å². The maximum atomic E-state index is 12.3. The number of carbonyl (C=O) groups excluding carboxylic acids is 4. The third-order valence-electron chi connectivity index (χ3n) is 3.31. The summed E-state index contributed by atoms with van der Waals surface area (Å²) in [4.78, 5) is 68.8. The van der Waals surface area contributed by atoms with Crippen molar-refractivity contribution in [2.45, 2.75) is 43.9 Å². The van der Waals surface area contributed by atoms with E-state index in [1.165, 1.54) is 6.92 Å². The molecule has 14 heteroatoms. The second-order valence-corrected chi connectivity index (χ2v) is 6.11. The molecule has 28 heavy (non-hydrogen) atoms. The van der Waals surface area contributed by atoms with Gasteiger partial charge < -0.3 is 37.6 Å². The van der Waals surface area contributed by atoms with Crippen molar-refractivity contribution in [1.82, 2.24) is 16.0 Å². The third kappa shape index (κ3) is 9.18. The number of carboxylic acids is 2. The van der Waals surface area contributed by atoms with Gasteiger partial charge in [0.05, 0.1) is 18.9 Å². The summed E-state index contributed by atoms with van der Waals surface area (Å²) in [5, 5.41) is 24.1. The number of carboxylic acid groups (broad SMARTS) is 2. The van der Waals surface area contributed by atoms with Crippen molar-refractivity contribution in [2.24, 2.45) is 11.5 Å². The monoisotopic (exact) mass is 421 g/mol. The lowest BCUT2D eigenvalue weighted by Gasteiger charge is -2.23. The SMILES string of the molecule is CC(NC(=O)C(CS)NC(=O)C(CC(=O)O)NC(=O)C(N)CC(N)=O)C(=O)O. The molecule has 0 bridgehead atoms. The lowest BCUT2D eigenvalue weighted by Crippen LogP contribution is -2.58. The molecule has 158 valence electrons. The van der Waals surface area contributed by atoms with Crippen molar-refractivity contribution in [1.29, 1.82) is 0 Å². The van der Waals surface area contributed by atoms with Gasteiger partial charge in [-0.25, -0.2) is 0 Å². The van der Waals surface area contributed by atoms with Gasteiger partial charge in [-0.05, 0) is 6.92 Å². The van der Waals surface area contributed by atoms with Crippen LogP contribution in [0.15, 0.2) is 0 Å². The predicted molar refractivity (Wildman–Crippen MR) is 97.0 cm³/mol. The highest BCUT2D eigenvalue weighted by Gasteiger charge is 2.30. The van der Waals surface area contributed by atoms with Crippen molar-refractivity contribution in [3.8, 4) is 0 Å². The number of rotatable bonds is 12. The second kappa shape index (κ2) is 11.8. The number of hydrogen-bond acceptors (Lipinski definition) is 8.